The van der Waals surface area contributed by atoms with Gasteiger partial charge in [0.15, 0.2) is 17.3 Å². The highest BCUT2D eigenvalue weighted by Gasteiger charge is 2.30. The largest absolute Gasteiger partial charge is 0.490 e. The van der Waals surface area contributed by atoms with Gasteiger partial charge >= 0.3 is 0 Å². The highest BCUT2D eigenvalue weighted by Crippen LogP contribution is 2.29. The minimum Gasteiger partial charge on any atom is -0.490 e. The molecule has 1 unspecified atom stereocenters. The summed E-state index contributed by atoms with van der Waals surface area (Å²) in [5.41, 5.74) is 0.395. The molecule has 3 rings (SSSR count). The fourth-order valence-corrected chi connectivity index (χ4v) is 3.02. The van der Waals surface area contributed by atoms with E-state index in [2.05, 4.69) is 16.8 Å². The number of ether oxygens (including phenoxy) is 1. The second-order valence-electron chi connectivity index (χ2n) is 5.92. The summed E-state index contributed by atoms with van der Waals surface area (Å²) in [6, 6.07) is 4.59. The summed E-state index contributed by atoms with van der Waals surface area (Å²) < 4.78 is 19.2. The Kier molecular flexibility index (Phi) is 4.22. The van der Waals surface area contributed by atoms with Gasteiger partial charge in [0.1, 0.15) is 0 Å². The number of fused-ring (bicyclic) bond motifs is 1. The summed E-state index contributed by atoms with van der Waals surface area (Å²) in [5.74, 6) is -0.401. The number of hydrogen-bond donors (Lipinski definition) is 0. The molecule has 0 aromatic heterocycles. The maximum absolute atomic E-state index is 13.8. The van der Waals surface area contributed by atoms with E-state index in [-0.39, 0.29) is 17.5 Å². The average molecular weight is 292 g/mol. The molecular formula is C16H21FN2O2. The van der Waals surface area contributed by atoms with Crippen molar-refractivity contribution in [3.05, 3.63) is 29.6 Å². The lowest BCUT2D eigenvalue weighted by molar-refractivity contribution is 0.0825. The molecular weight excluding hydrogens is 271 g/mol. The van der Waals surface area contributed by atoms with Crippen LogP contribution < -0.4 is 4.74 Å². The number of halogens is 1. The number of carbonyl (C=O) groups excluding carboxylic acids is 1. The highest BCUT2D eigenvalue weighted by molar-refractivity contribution is 6.00. The van der Waals surface area contributed by atoms with Crippen molar-refractivity contribution in [3.63, 3.8) is 0 Å². The number of piperazine rings is 1. The first-order valence-electron chi connectivity index (χ1n) is 7.51. The third-order valence-electron chi connectivity index (χ3n) is 4.39. The lowest BCUT2D eigenvalue weighted by Crippen LogP contribution is -2.47. The Hall–Kier alpha value is -1.46. The van der Waals surface area contributed by atoms with Crippen molar-refractivity contribution in [1.29, 1.82) is 0 Å². The Morgan fingerprint density at radius 1 is 1.29 bits per heavy atom. The van der Waals surface area contributed by atoms with Gasteiger partial charge < -0.3 is 14.5 Å². The number of para-hydroxylation sites is 1. The normalized spacial score (nSPS) is 24.3. The van der Waals surface area contributed by atoms with Gasteiger partial charge in [0.05, 0.1) is 12.2 Å². The third-order valence-corrected chi connectivity index (χ3v) is 4.39. The van der Waals surface area contributed by atoms with E-state index in [0.717, 1.165) is 32.7 Å². The number of nitrogens with zero attached hydrogens (tertiary/aromatic N) is 2. The smallest absolute Gasteiger partial charge is 0.171 e. The Bertz CT molecular complexity index is 527. The van der Waals surface area contributed by atoms with Crippen molar-refractivity contribution in [1.82, 2.24) is 9.80 Å². The van der Waals surface area contributed by atoms with Gasteiger partial charge in [-0.3, -0.25) is 4.79 Å². The van der Waals surface area contributed by atoms with Crippen LogP contribution in [0.3, 0.4) is 0 Å². The quantitative estimate of drug-likeness (QED) is 0.830. The first-order valence-corrected chi connectivity index (χ1v) is 7.51. The molecule has 1 atom stereocenters. The van der Waals surface area contributed by atoms with Crippen molar-refractivity contribution in [3.8, 4) is 5.75 Å². The summed E-state index contributed by atoms with van der Waals surface area (Å²) in [6.45, 7) is 5.17. The third kappa shape index (κ3) is 3.09. The molecule has 5 heteroatoms. The van der Waals surface area contributed by atoms with E-state index in [1.165, 1.54) is 6.07 Å². The van der Waals surface area contributed by atoms with E-state index < -0.39 is 5.82 Å². The lowest BCUT2D eigenvalue weighted by Gasteiger charge is -2.34. The second-order valence-corrected chi connectivity index (χ2v) is 5.92. The molecule has 0 aliphatic carbocycles. The number of likely N-dealkylation sites (N-methyl/N-ethyl adjacent to an activating group) is 1. The Morgan fingerprint density at radius 2 is 2.05 bits per heavy atom. The van der Waals surface area contributed by atoms with Gasteiger partial charge in [0, 0.05) is 38.6 Å². The molecule has 4 nitrogen and oxygen atoms in total. The number of hydrogen-bond acceptors (Lipinski definition) is 4. The van der Waals surface area contributed by atoms with Crippen LogP contribution in [0.25, 0.3) is 0 Å². The first kappa shape index (κ1) is 14.5. The zero-order valence-corrected chi connectivity index (χ0v) is 12.3. The van der Waals surface area contributed by atoms with Crippen LogP contribution in [0.4, 0.5) is 4.39 Å². The summed E-state index contributed by atoms with van der Waals surface area (Å²) in [5, 5.41) is 0. The Morgan fingerprint density at radius 3 is 2.81 bits per heavy atom. The monoisotopic (exact) mass is 292 g/mol. The summed E-state index contributed by atoms with van der Waals surface area (Å²) in [6.07, 6.45) is 0.652. The van der Waals surface area contributed by atoms with Gasteiger partial charge in [-0.1, -0.05) is 6.07 Å². The van der Waals surface area contributed by atoms with Crippen molar-refractivity contribution < 1.29 is 13.9 Å². The van der Waals surface area contributed by atoms with Gasteiger partial charge in [0.25, 0.3) is 0 Å². The molecule has 114 valence electrons. The molecule has 2 heterocycles. The van der Waals surface area contributed by atoms with Crippen LogP contribution in [-0.2, 0) is 0 Å². The highest BCUT2D eigenvalue weighted by atomic mass is 19.1. The second kappa shape index (κ2) is 6.12. The standard InChI is InChI=1S/C16H21FN2O2/c1-18-6-8-19(9-7-18)11-12-5-10-21-16-13(15(12)20)3-2-4-14(16)17/h2-4,12H,5-11H2,1H3. The predicted octanol–water partition coefficient (Wildman–Crippen LogP) is 1.65. The maximum atomic E-state index is 13.8. The minimum absolute atomic E-state index is 0.0147. The first-order chi connectivity index (χ1) is 10.1. The molecule has 0 radical (unpaired) electrons. The van der Waals surface area contributed by atoms with E-state index in [9.17, 15) is 9.18 Å². The minimum atomic E-state index is -0.443. The van der Waals surface area contributed by atoms with E-state index in [1.54, 1.807) is 12.1 Å². The molecule has 1 saturated heterocycles. The molecule has 2 aliphatic heterocycles. The predicted molar refractivity (Wildman–Crippen MR) is 78.3 cm³/mol. The average Bonchev–Trinajstić information content (AvgIpc) is 2.63. The van der Waals surface area contributed by atoms with Crippen molar-refractivity contribution in [2.75, 3.05) is 46.4 Å². The molecule has 0 spiro atoms. The molecule has 0 N–H and O–H groups in total. The van der Waals surface area contributed by atoms with Gasteiger partial charge in [0.2, 0.25) is 0 Å². The van der Waals surface area contributed by atoms with Crippen molar-refractivity contribution >= 4 is 5.78 Å². The molecule has 1 aromatic rings. The van der Waals surface area contributed by atoms with Crippen LogP contribution in [0.2, 0.25) is 0 Å². The van der Waals surface area contributed by atoms with Gasteiger partial charge in [-0.05, 0) is 25.6 Å². The zero-order chi connectivity index (χ0) is 14.8. The van der Waals surface area contributed by atoms with Crippen LogP contribution in [0.15, 0.2) is 18.2 Å². The summed E-state index contributed by atoms with van der Waals surface area (Å²) in [7, 11) is 2.11. The molecule has 2 aliphatic rings. The van der Waals surface area contributed by atoms with Crippen molar-refractivity contribution in [2.45, 2.75) is 6.42 Å². The van der Waals surface area contributed by atoms with Crippen LogP contribution in [0.1, 0.15) is 16.8 Å². The molecule has 1 fully saturated rings. The number of benzene rings is 1. The van der Waals surface area contributed by atoms with Gasteiger partial charge in [-0.2, -0.15) is 0 Å². The van der Waals surface area contributed by atoms with Gasteiger partial charge in [-0.15, -0.1) is 0 Å². The number of ketones is 1. The van der Waals surface area contributed by atoms with Crippen molar-refractivity contribution in [2.24, 2.45) is 5.92 Å². The SMILES string of the molecule is CN1CCN(CC2CCOc3c(F)cccc3C2=O)CC1. The number of Topliss-reactive ketones (excluding diaryl/α,β-unsaturated/α-hetero) is 1. The number of rotatable bonds is 2. The molecule has 1 aromatic carbocycles. The van der Waals surface area contributed by atoms with Gasteiger partial charge in [-0.25, -0.2) is 4.39 Å². The molecule has 0 bridgehead atoms. The number of carbonyl (C=O) groups is 1. The lowest BCUT2D eigenvalue weighted by atomic mass is 9.94. The van der Waals surface area contributed by atoms with Crippen LogP contribution in [0.5, 0.6) is 5.75 Å². The molecule has 0 amide bonds. The molecule has 0 saturated carbocycles. The fraction of sp³-hybridized carbons (Fsp3) is 0.562. The van der Waals surface area contributed by atoms with E-state index in [1.807, 2.05) is 0 Å². The maximum Gasteiger partial charge on any atom is 0.171 e. The van der Waals surface area contributed by atoms with E-state index >= 15 is 0 Å². The zero-order valence-electron chi connectivity index (χ0n) is 12.3. The van der Waals surface area contributed by atoms with E-state index in [0.29, 0.717) is 18.6 Å². The van der Waals surface area contributed by atoms with Crippen LogP contribution in [-0.4, -0.2) is 62.0 Å². The molecule has 21 heavy (non-hydrogen) atoms. The summed E-state index contributed by atoms with van der Waals surface area (Å²) in [4.78, 5) is 17.3. The van der Waals surface area contributed by atoms with Crippen LogP contribution in [0, 0.1) is 11.7 Å². The van der Waals surface area contributed by atoms with E-state index in [4.69, 9.17) is 4.74 Å². The summed E-state index contributed by atoms with van der Waals surface area (Å²) >= 11 is 0. The fourth-order valence-electron chi connectivity index (χ4n) is 3.02. The topological polar surface area (TPSA) is 32.8 Å². The Labute approximate surface area is 124 Å². The Balaban J connectivity index is 1.74. The van der Waals surface area contributed by atoms with Crippen LogP contribution >= 0.6 is 0 Å².